The van der Waals surface area contributed by atoms with Crippen LogP contribution in [0.5, 0.6) is 5.75 Å². The van der Waals surface area contributed by atoms with Gasteiger partial charge in [0.1, 0.15) is 5.75 Å². The first-order valence-electron chi connectivity index (χ1n) is 7.83. The molecule has 132 valence electrons. The summed E-state index contributed by atoms with van der Waals surface area (Å²) in [6, 6.07) is 10.7. The van der Waals surface area contributed by atoms with Crippen LogP contribution in [0.15, 0.2) is 40.7 Å². The third-order valence-electron chi connectivity index (χ3n) is 3.87. The predicted molar refractivity (Wildman–Crippen MR) is 105 cm³/mol. The molecule has 3 aromatic rings. The van der Waals surface area contributed by atoms with Gasteiger partial charge in [-0.2, -0.15) is 0 Å². The zero-order valence-electron chi connectivity index (χ0n) is 13.6. The van der Waals surface area contributed by atoms with Crippen molar-refractivity contribution in [3.63, 3.8) is 0 Å². The summed E-state index contributed by atoms with van der Waals surface area (Å²) in [4.78, 5) is 28.8. The summed E-state index contributed by atoms with van der Waals surface area (Å²) in [6.07, 6.45) is 0. The molecule has 1 aliphatic heterocycles. The van der Waals surface area contributed by atoms with Gasteiger partial charge in [-0.25, -0.2) is 4.98 Å². The second kappa shape index (κ2) is 6.90. The second-order valence-corrected chi connectivity index (χ2v) is 8.82. The molecule has 1 aliphatic rings. The maximum atomic E-state index is 12.8. The number of halogens is 1. The maximum Gasteiger partial charge on any atom is 0.262 e. The molecule has 0 saturated heterocycles. The first kappa shape index (κ1) is 17.3. The fraction of sp³-hybridized carbons (Fsp3) is 0.167. The standard InChI is InChI=1S/C18H13ClN2O3S2/c1-9(25-18-21-13-7-11(19)3-5-15(13)26-18)17(23)10-2-4-14-12(6-10)20-16(22)8-24-14/h2-7,9H,8H2,1H3,(H,20,22)/t9-/m0/s1. The molecular weight excluding hydrogens is 392 g/mol. The number of hydrogen-bond acceptors (Lipinski definition) is 6. The van der Waals surface area contributed by atoms with Gasteiger partial charge in [0.2, 0.25) is 0 Å². The van der Waals surface area contributed by atoms with Crippen molar-refractivity contribution in [3.05, 3.63) is 47.0 Å². The molecule has 0 radical (unpaired) electrons. The molecule has 0 saturated carbocycles. The molecule has 1 atom stereocenters. The quantitative estimate of drug-likeness (QED) is 0.506. The number of ether oxygens (including phenoxy) is 1. The molecule has 2 heterocycles. The number of ketones is 1. The topological polar surface area (TPSA) is 68.3 Å². The molecule has 0 aliphatic carbocycles. The predicted octanol–water partition coefficient (Wildman–Crippen LogP) is 4.64. The van der Waals surface area contributed by atoms with Crippen molar-refractivity contribution in [1.82, 2.24) is 4.98 Å². The molecule has 2 aromatic carbocycles. The highest BCUT2D eigenvalue weighted by Gasteiger charge is 2.22. The monoisotopic (exact) mass is 404 g/mol. The van der Waals surface area contributed by atoms with Crippen LogP contribution in [-0.4, -0.2) is 28.5 Å². The Morgan fingerprint density at radius 3 is 3.04 bits per heavy atom. The number of thiazole rings is 1. The van der Waals surface area contributed by atoms with E-state index >= 15 is 0 Å². The zero-order chi connectivity index (χ0) is 18.3. The lowest BCUT2D eigenvalue weighted by Gasteiger charge is -2.18. The normalized spacial score (nSPS) is 14.5. The van der Waals surface area contributed by atoms with Crippen molar-refractivity contribution in [3.8, 4) is 5.75 Å². The summed E-state index contributed by atoms with van der Waals surface area (Å²) >= 11 is 8.94. The van der Waals surface area contributed by atoms with Gasteiger partial charge in [0.05, 0.1) is 21.2 Å². The van der Waals surface area contributed by atoms with Gasteiger partial charge < -0.3 is 10.1 Å². The van der Waals surface area contributed by atoms with Crippen LogP contribution < -0.4 is 10.1 Å². The number of Topliss-reactive ketones (excluding diaryl/α,β-unsaturated/α-hetero) is 1. The van der Waals surface area contributed by atoms with Crippen molar-refractivity contribution in [2.24, 2.45) is 0 Å². The molecule has 1 amide bonds. The molecule has 1 aromatic heterocycles. The highest BCUT2D eigenvalue weighted by atomic mass is 35.5. The highest BCUT2D eigenvalue weighted by Crippen LogP contribution is 2.35. The fourth-order valence-corrected chi connectivity index (χ4v) is 5.04. The van der Waals surface area contributed by atoms with E-state index in [1.165, 1.54) is 23.1 Å². The molecule has 0 unspecified atom stereocenters. The molecule has 0 bridgehead atoms. The lowest BCUT2D eigenvalue weighted by Crippen LogP contribution is -2.25. The summed E-state index contributed by atoms with van der Waals surface area (Å²) in [6.45, 7) is 1.84. The van der Waals surface area contributed by atoms with Crippen LogP contribution in [0, 0.1) is 0 Å². The van der Waals surface area contributed by atoms with E-state index in [-0.39, 0.29) is 23.5 Å². The first-order chi connectivity index (χ1) is 12.5. The number of nitrogens with one attached hydrogen (secondary N) is 1. The third kappa shape index (κ3) is 3.42. The smallest absolute Gasteiger partial charge is 0.262 e. The number of nitrogens with zero attached hydrogens (tertiary/aromatic N) is 1. The molecular formula is C18H13ClN2O3S2. The highest BCUT2D eigenvalue weighted by molar-refractivity contribution is 8.02. The van der Waals surface area contributed by atoms with Gasteiger partial charge in [-0.1, -0.05) is 23.4 Å². The first-order valence-corrected chi connectivity index (χ1v) is 9.91. The summed E-state index contributed by atoms with van der Waals surface area (Å²) in [5.41, 5.74) is 1.89. The zero-order valence-corrected chi connectivity index (χ0v) is 16.0. The van der Waals surface area contributed by atoms with Crippen LogP contribution in [0.25, 0.3) is 10.2 Å². The van der Waals surface area contributed by atoms with E-state index < -0.39 is 0 Å². The van der Waals surface area contributed by atoms with Gasteiger partial charge in [0.25, 0.3) is 5.91 Å². The van der Waals surface area contributed by atoms with E-state index in [0.29, 0.717) is 22.0 Å². The molecule has 4 rings (SSSR count). The Labute approximate surface area is 162 Å². The van der Waals surface area contributed by atoms with E-state index in [1.54, 1.807) is 18.2 Å². The number of benzene rings is 2. The Bertz CT molecular complexity index is 1030. The number of carbonyl (C=O) groups is 2. The maximum absolute atomic E-state index is 12.8. The molecule has 0 spiro atoms. The van der Waals surface area contributed by atoms with Gasteiger partial charge in [0.15, 0.2) is 16.7 Å². The molecule has 8 heteroatoms. The van der Waals surface area contributed by atoms with Crippen LogP contribution in [-0.2, 0) is 4.79 Å². The number of rotatable bonds is 4. The van der Waals surface area contributed by atoms with Gasteiger partial charge in [-0.3, -0.25) is 9.59 Å². The van der Waals surface area contributed by atoms with Crippen molar-refractivity contribution in [1.29, 1.82) is 0 Å². The molecule has 5 nitrogen and oxygen atoms in total. The minimum absolute atomic E-state index is 0.00578. The van der Waals surface area contributed by atoms with Crippen LogP contribution >= 0.6 is 34.7 Å². The van der Waals surface area contributed by atoms with E-state index in [0.717, 1.165) is 14.6 Å². The van der Waals surface area contributed by atoms with Crippen LogP contribution in [0.2, 0.25) is 5.02 Å². The minimum Gasteiger partial charge on any atom is -0.482 e. The third-order valence-corrected chi connectivity index (χ3v) is 6.34. The number of anilines is 1. The van der Waals surface area contributed by atoms with Crippen LogP contribution in [0.3, 0.4) is 0 Å². The summed E-state index contributed by atoms with van der Waals surface area (Å²) in [7, 11) is 0. The average molecular weight is 405 g/mol. The lowest BCUT2D eigenvalue weighted by atomic mass is 10.1. The Morgan fingerprint density at radius 1 is 1.35 bits per heavy atom. The van der Waals surface area contributed by atoms with E-state index in [4.69, 9.17) is 16.3 Å². The van der Waals surface area contributed by atoms with E-state index in [2.05, 4.69) is 10.3 Å². The van der Waals surface area contributed by atoms with Gasteiger partial charge in [-0.15, -0.1) is 11.3 Å². The Balaban J connectivity index is 1.53. The largest absolute Gasteiger partial charge is 0.482 e. The van der Waals surface area contributed by atoms with Crippen molar-refractivity contribution < 1.29 is 14.3 Å². The van der Waals surface area contributed by atoms with E-state index in [1.807, 2.05) is 25.1 Å². The minimum atomic E-state index is -0.315. The second-order valence-electron chi connectivity index (χ2n) is 5.76. The fourth-order valence-electron chi connectivity index (χ4n) is 2.61. The molecule has 0 fully saturated rings. The van der Waals surface area contributed by atoms with Crippen molar-refractivity contribution in [2.75, 3.05) is 11.9 Å². The van der Waals surface area contributed by atoms with Gasteiger partial charge >= 0.3 is 0 Å². The number of amides is 1. The SMILES string of the molecule is C[C@H](Sc1nc2cc(Cl)ccc2s1)C(=O)c1ccc2c(c1)NC(=O)CO2. The summed E-state index contributed by atoms with van der Waals surface area (Å²) in [5.74, 6) is 0.317. The molecule has 26 heavy (non-hydrogen) atoms. The number of aromatic nitrogens is 1. The van der Waals surface area contributed by atoms with Crippen molar-refractivity contribution in [2.45, 2.75) is 16.5 Å². The summed E-state index contributed by atoms with van der Waals surface area (Å²) in [5, 5.41) is 3.05. The number of carbonyl (C=O) groups excluding carboxylic acids is 2. The van der Waals surface area contributed by atoms with Crippen LogP contribution in [0.4, 0.5) is 5.69 Å². The number of thioether (sulfide) groups is 1. The number of hydrogen-bond donors (Lipinski definition) is 1. The van der Waals surface area contributed by atoms with Crippen molar-refractivity contribution >= 4 is 62.3 Å². The van der Waals surface area contributed by atoms with Gasteiger partial charge in [0, 0.05) is 10.6 Å². The molecule has 1 N–H and O–H groups in total. The Kier molecular flexibility index (Phi) is 4.60. The van der Waals surface area contributed by atoms with Gasteiger partial charge in [-0.05, 0) is 43.3 Å². The van der Waals surface area contributed by atoms with Crippen LogP contribution in [0.1, 0.15) is 17.3 Å². The average Bonchev–Trinajstić information content (AvgIpc) is 3.01. The summed E-state index contributed by atoms with van der Waals surface area (Å²) < 4.78 is 7.17. The Morgan fingerprint density at radius 2 is 2.19 bits per heavy atom. The Hall–Kier alpha value is -2.09. The van der Waals surface area contributed by atoms with E-state index in [9.17, 15) is 9.59 Å². The number of fused-ring (bicyclic) bond motifs is 2. The lowest BCUT2D eigenvalue weighted by molar-refractivity contribution is -0.118.